The number of hydrogen-bond acceptors (Lipinski definition) is 6. The number of aromatic nitrogens is 3. The number of hydrogen-bond donors (Lipinski definition) is 1. The lowest BCUT2D eigenvalue weighted by Gasteiger charge is -2.33. The summed E-state index contributed by atoms with van der Waals surface area (Å²) in [6, 6.07) is 9.21. The first-order valence-electron chi connectivity index (χ1n) is 8.75. The van der Waals surface area contributed by atoms with Crippen molar-refractivity contribution in [3.63, 3.8) is 0 Å². The van der Waals surface area contributed by atoms with Crippen LogP contribution in [-0.4, -0.2) is 56.9 Å². The van der Waals surface area contributed by atoms with Gasteiger partial charge in [-0.15, -0.1) is 5.10 Å². The molecule has 0 aliphatic carbocycles. The summed E-state index contributed by atoms with van der Waals surface area (Å²) in [7, 11) is 0. The van der Waals surface area contributed by atoms with E-state index in [0.717, 1.165) is 18.4 Å². The maximum atomic E-state index is 12.6. The third kappa shape index (κ3) is 4.43. The van der Waals surface area contributed by atoms with Crippen LogP contribution in [0.15, 0.2) is 35.5 Å². The van der Waals surface area contributed by atoms with Crippen LogP contribution in [0.5, 0.6) is 0 Å². The summed E-state index contributed by atoms with van der Waals surface area (Å²) in [6.45, 7) is 2.69. The lowest BCUT2D eigenvalue weighted by Crippen LogP contribution is -2.49. The van der Waals surface area contributed by atoms with Crippen LogP contribution < -0.4 is 0 Å². The normalized spacial score (nSPS) is 17.1. The summed E-state index contributed by atoms with van der Waals surface area (Å²) in [5.74, 6) is 0.471. The van der Waals surface area contributed by atoms with Gasteiger partial charge in [0.2, 0.25) is 11.1 Å². The number of ether oxygens (including phenoxy) is 1. The number of amides is 1. The summed E-state index contributed by atoms with van der Waals surface area (Å²) >= 11 is 1.27. The van der Waals surface area contributed by atoms with Crippen molar-refractivity contribution in [2.75, 3.05) is 18.9 Å². The quantitative estimate of drug-likeness (QED) is 0.617. The number of likely N-dealkylation sites (tertiary alicyclic amines) is 1. The summed E-state index contributed by atoms with van der Waals surface area (Å²) in [4.78, 5) is 30.7. The average Bonchev–Trinajstić information content (AvgIpc) is 3.16. The molecule has 1 amide bonds. The van der Waals surface area contributed by atoms with Gasteiger partial charge in [0.05, 0.1) is 12.4 Å². The highest BCUT2D eigenvalue weighted by Gasteiger charge is 2.33. The van der Waals surface area contributed by atoms with E-state index in [1.165, 1.54) is 11.8 Å². The first-order chi connectivity index (χ1) is 12.7. The van der Waals surface area contributed by atoms with Gasteiger partial charge in [0.15, 0.2) is 5.82 Å². The molecule has 1 fully saturated rings. The van der Waals surface area contributed by atoms with Crippen molar-refractivity contribution < 1.29 is 14.3 Å². The van der Waals surface area contributed by atoms with Crippen molar-refractivity contribution >= 4 is 23.6 Å². The van der Waals surface area contributed by atoms with Crippen LogP contribution in [0.4, 0.5) is 0 Å². The van der Waals surface area contributed by atoms with Gasteiger partial charge in [-0.25, -0.2) is 9.78 Å². The van der Waals surface area contributed by atoms with Gasteiger partial charge in [0.1, 0.15) is 6.04 Å². The SMILES string of the molecule is CCOC(=O)[C@H]1CCCCN1C(=O)CSc1n[nH]c(-c2ccccc2)n1. The van der Waals surface area contributed by atoms with Crippen LogP contribution in [0.1, 0.15) is 26.2 Å². The number of piperidine rings is 1. The van der Waals surface area contributed by atoms with Crippen molar-refractivity contribution in [3.05, 3.63) is 30.3 Å². The maximum absolute atomic E-state index is 12.6. The molecule has 0 radical (unpaired) electrons. The Morgan fingerprint density at radius 3 is 2.88 bits per heavy atom. The highest BCUT2D eigenvalue weighted by Crippen LogP contribution is 2.22. The number of nitrogens with one attached hydrogen (secondary N) is 1. The monoisotopic (exact) mass is 374 g/mol. The molecule has 1 aromatic heterocycles. The van der Waals surface area contributed by atoms with Gasteiger partial charge in [-0.3, -0.25) is 9.89 Å². The fourth-order valence-corrected chi connectivity index (χ4v) is 3.64. The van der Waals surface area contributed by atoms with E-state index >= 15 is 0 Å². The summed E-state index contributed by atoms with van der Waals surface area (Å²) in [5.41, 5.74) is 0.941. The number of carbonyl (C=O) groups is 2. The molecule has 1 aliphatic heterocycles. The molecule has 2 aromatic rings. The summed E-state index contributed by atoms with van der Waals surface area (Å²) in [5, 5.41) is 7.56. The van der Waals surface area contributed by atoms with Crippen LogP contribution in [0.25, 0.3) is 11.4 Å². The highest BCUT2D eigenvalue weighted by atomic mass is 32.2. The van der Waals surface area contributed by atoms with E-state index in [-0.39, 0.29) is 17.6 Å². The molecule has 3 rings (SSSR count). The smallest absolute Gasteiger partial charge is 0.328 e. The Morgan fingerprint density at radius 2 is 2.12 bits per heavy atom. The number of esters is 1. The van der Waals surface area contributed by atoms with Gasteiger partial charge in [-0.1, -0.05) is 42.1 Å². The zero-order valence-corrected chi connectivity index (χ0v) is 15.5. The van der Waals surface area contributed by atoms with Crippen LogP contribution in [0.3, 0.4) is 0 Å². The molecule has 1 aliphatic rings. The number of thioether (sulfide) groups is 1. The van der Waals surface area contributed by atoms with E-state index in [4.69, 9.17) is 4.74 Å². The molecular weight excluding hydrogens is 352 g/mol. The number of benzene rings is 1. The second kappa shape index (κ2) is 8.84. The van der Waals surface area contributed by atoms with Gasteiger partial charge in [0.25, 0.3) is 0 Å². The van der Waals surface area contributed by atoms with E-state index in [9.17, 15) is 9.59 Å². The molecule has 0 bridgehead atoms. The van der Waals surface area contributed by atoms with E-state index in [0.29, 0.717) is 30.6 Å². The number of H-pyrrole nitrogens is 1. The number of rotatable bonds is 6. The molecule has 2 heterocycles. The van der Waals surface area contributed by atoms with E-state index < -0.39 is 6.04 Å². The average molecular weight is 374 g/mol. The Hall–Kier alpha value is -2.35. The van der Waals surface area contributed by atoms with E-state index in [2.05, 4.69) is 15.2 Å². The Labute approximate surface area is 156 Å². The van der Waals surface area contributed by atoms with E-state index in [1.54, 1.807) is 11.8 Å². The molecule has 0 saturated carbocycles. The minimum absolute atomic E-state index is 0.0844. The third-order valence-electron chi connectivity index (χ3n) is 4.22. The van der Waals surface area contributed by atoms with Crippen LogP contribution in [-0.2, 0) is 14.3 Å². The van der Waals surface area contributed by atoms with Gasteiger partial charge in [-0.05, 0) is 26.2 Å². The van der Waals surface area contributed by atoms with Crippen molar-refractivity contribution in [1.29, 1.82) is 0 Å². The van der Waals surface area contributed by atoms with Crippen molar-refractivity contribution in [3.8, 4) is 11.4 Å². The number of carbonyl (C=O) groups excluding carboxylic acids is 2. The largest absolute Gasteiger partial charge is 0.464 e. The second-order valence-corrected chi connectivity index (χ2v) is 6.91. The number of aromatic amines is 1. The summed E-state index contributed by atoms with van der Waals surface area (Å²) < 4.78 is 5.11. The zero-order valence-electron chi connectivity index (χ0n) is 14.7. The standard InChI is InChI=1S/C18H22N4O3S/c1-2-25-17(24)14-10-6-7-11-22(14)15(23)12-26-18-19-16(20-21-18)13-8-4-3-5-9-13/h3-5,8-9,14H,2,6-7,10-12H2,1H3,(H,19,20,21)/t14-/m1/s1. The fourth-order valence-electron chi connectivity index (χ4n) is 2.96. The second-order valence-electron chi connectivity index (χ2n) is 5.97. The molecule has 1 atom stereocenters. The minimum Gasteiger partial charge on any atom is -0.464 e. The molecule has 0 unspecified atom stereocenters. The number of nitrogens with zero attached hydrogens (tertiary/aromatic N) is 3. The van der Waals surface area contributed by atoms with Gasteiger partial charge >= 0.3 is 5.97 Å². The molecule has 26 heavy (non-hydrogen) atoms. The molecule has 1 N–H and O–H groups in total. The zero-order chi connectivity index (χ0) is 18.4. The maximum Gasteiger partial charge on any atom is 0.328 e. The molecular formula is C18H22N4O3S. The highest BCUT2D eigenvalue weighted by molar-refractivity contribution is 7.99. The lowest BCUT2D eigenvalue weighted by molar-refractivity contribution is -0.155. The molecule has 0 spiro atoms. The van der Waals surface area contributed by atoms with Gasteiger partial charge in [-0.2, -0.15) is 0 Å². The molecule has 1 aromatic carbocycles. The van der Waals surface area contributed by atoms with Gasteiger partial charge < -0.3 is 9.64 Å². The Kier molecular flexibility index (Phi) is 6.27. The third-order valence-corrected chi connectivity index (χ3v) is 5.05. The van der Waals surface area contributed by atoms with Crippen LogP contribution in [0.2, 0.25) is 0 Å². The predicted octanol–water partition coefficient (Wildman–Crippen LogP) is 2.51. The predicted molar refractivity (Wildman–Crippen MR) is 98.5 cm³/mol. The van der Waals surface area contributed by atoms with Crippen LogP contribution in [0, 0.1) is 0 Å². The fraction of sp³-hybridized carbons (Fsp3) is 0.444. The first-order valence-corrected chi connectivity index (χ1v) is 9.74. The van der Waals surface area contributed by atoms with Gasteiger partial charge in [0, 0.05) is 12.1 Å². The topological polar surface area (TPSA) is 88.2 Å². The minimum atomic E-state index is -0.469. The summed E-state index contributed by atoms with van der Waals surface area (Å²) in [6.07, 6.45) is 2.50. The van der Waals surface area contributed by atoms with Crippen molar-refractivity contribution in [2.45, 2.75) is 37.4 Å². The Morgan fingerprint density at radius 1 is 1.31 bits per heavy atom. The lowest BCUT2D eigenvalue weighted by atomic mass is 10.0. The van der Waals surface area contributed by atoms with Crippen LogP contribution >= 0.6 is 11.8 Å². The molecule has 7 nitrogen and oxygen atoms in total. The Bertz CT molecular complexity index is 750. The molecule has 138 valence electrons. The van der Waals surface area contributed by atoms with E-state index in [1.807, 2.05) is 30.3 Å². The molecule has 8 heteroatoms. The van der Waals surface area contributed by atoms with Crippen molar-refractivity contribution in [2.24, 2.45) is 0 Å². The molecule has 1 saturated heterocycles. The van der Waals surface area contributed by atoms with Crippen molar-refractivity contribution in [1.82, 2.24) is 20.1 Å². The Balaban J connectivity index is 1.59. The first kappa shape index (κ1) is 18.4.